The molecule has 0 saturated carbocycles. The first-order chi connectivity index (χ1) is 9.70. The minimum absolute atomic E-state index is 0.320. The average molecular weight is 392 g/mol. The Bertz CT molecular complexity index is 395. The van der Waals surface area contributed by atoms with Crippen LogP contribution in [0.25, 0.3) is 0 Å². The molecule has 0 aromatic heterocycles. The minimum atomic E-state index is -0.433. The van der Waals surface area contributed by atoms with Crippen molar-refractivity contribution in [1.82, 2.24) is 0 Å². The number of ether oxygens (including phenoxy) is 2. The molecular weight excluding hydrogens is 371 g/mol. The van der Waals surface area contributed by atoms with E-state index in [1.54, 1.807) is 6.08 Å². The Hall–Kier alpha value is -0.980. The van der Waals surface area contributed by atoms with Crippen molar-refractivity contribution >= 4 is 36.7 Å². The van der Waals surface area contributed by atoms with Gasteiger partial charge in [-0.15, -0.1) is 0 Å². The van der Waals surface area contributed by atoms with Gasteiger partial charge >= 0.3 is 11.9 Å². The lowest BCUT2D eigenvalue weighted by molar-refractivity contribution is -0.141. The lowest BCUT2D eigenvalue weighted by atomic mass is 10.1. The molecule has 0 fully saturated rings. The fourth-order valence-corrected chi connectivity index (χ4v) is 3.18. The molecule has 0 unspecified atom stereocenters. The summed E-state index contributed by atoms with van der Waals surface area (Å²) < 4.78 is 14.1. The van der Waals surface area contributed by atoms with E-state index in [2.05, 4.69) is 0 Å². The molecule has 0 aromatic carbocycles. The van der Waals surface area contributed by atoms with Crippen LogP contribution >= 0.6 is 20.7 Å². The predicted molar refractivity (Wildman–Crippen MR) is 88.0 cm³/mol. The molecule has 0 amide bonds. The van der Waals surface area contributed by atoms with Gasteiger partial charge in [0, 0.05) is 0 Å². The topological polar surface area (TPSA) is 52.6 Å². The van der Waals surface area contributed by atoms with Crippen molar-refractivity contribution < 1.29 is 19.1 Å². The highest BCUT2D eigenvalue weighted by Crippen LogP contribution is 2.19. The van der Waals surface area contributed by atoms with Crippen LogP contribution in [0.1, 0.15) is 39.5 Å². The first-order valence-electron chi connectivity index (χ1n) is 6.91. The second-order valence-corrected chi connectivity index (χ2v) is 6.40. The maximum atomic E-state index is 12.0. The summed E-state index contributed by atoms with van der Waals surface area (Å²) in [5.41, 5.74) is 0.700. The zero-order chi connectivity index (χ0) is 14.8. The molecule has 112 valence electrons. The van der Waals surface area contributed by atoms with Crippen molar-refractivity contribution in [2.24, 2.45) is 0 Å². The van der Waals surface area contributed by atoms with Crippen molar-refractivity contribution in [1.29, 1.82) is 0 Å². The van der Waals surface area contributed by atoms with Gasteiger partial charge < -0.3 is 9.47 Å². The number of carbonyl (C=O) groups excluding carboxylic acids is 2. The Morgan fingerprint density at radius 3 is 2.10 bits per heavy atom. The molecule has 0 N–H and O–H groups in total. The largest absolute Gasteiger partial charge is 0.462 e. The third-order valence-electron chi connectivity index (χ3n) is 2.67. The van der Waals surface area contributed by atoms with Crippen molar-refractivity contribution in [2.75, 3.05) is 13.2 Å². The van der Waals surface area contributed by atoms with Gasteiger partial charge in [-0.1, -0.05) is 47.4 Å². The molecule has 0 aliphatic carbocycles. The number of hydrogen-bond donors (Lipinski definition) is 0. The molecule has 1 heterocycles. The van der Waals surface area contributed by atoms with Crippen LogP contribution in [0.5, 0.6) is 0 Å². The van der Waals surface area contributed by atoms with Gasteiger partial charge in [0.25, 0.3) is 0 Å². The Labute approximate surface area is 130 Å². The number of unbranched alkanes of at least 4 members (excludes halogenated alkanes) is 2. The highest BCUT2D eigenvalue weighted by atomic mass is 127. The van der Waals surface area contributed by atoms with E-state index in [1.807, 2.05) is 21.9 Å². The van der Waals surface area contributed by atoms with Crippen LogP contribution in [0.4, 0.5) is 0 Å². The minimum Gasteiger partial charge on any atom is -0.462 e. The highest BCUT2D eigenvalue weighted by molar-refractivity contribution is 14.2. The predicted octanol–water partition coefficient (Wildman–Crippen LogP) is 3.27. The van der Waals surface area contributed by atoms with Crippen molar-refractivity contribution in [3.8, 4) is 0 Å². The number of hydrogen-bond acceptors (Lipinski definition) is 4. The molecule has 20 heavy (non-hydrogen) atoms. The highest BCUT2D eigenvalue weighted by Gasteiger charge is 2.21. The van der Waals surface area contributed by atoms with Crippen LogP contribution in [0, 0.1) is 0 Å². The molecule has 0 spiro atoms. The Morgan fingerprint density at radius 1 is 1.00 bits per heavy atom. The molecule has 4 nitrogen and oxygen atoms in total. The summed E-state index contributed by atoms with van der Waals surface area (Å²) in [5.74, 6) is -0.845. The molecule has 0 saturated heterocycles. The second kappa shape index (κ2) is 9.85. The van der Waals surface area contributed by atoms with Gasteiger partial charge in [-0.2, -0.15) is 0 Å². The van der Waals surface area contributed by atoms with Crippen LogP contribution in [-0.2, 0) is 19.1 Å². The maximum Gasteiger partial charge on any atom is 0.339 e. The zero-order valence-electron chi connectivity index (χ0n) is 12.0. The Kier molecular flexibility index (Phi) is 8.41. The van der Waals surface area contributed by atoms with Crippen molar-refractivity contribution in [3.05, 3.63) is 21.3 Å². The van der Waals surface area contributed by atoms with Gasteiger partial charge in [-0.25, -0.2) is 9.59 Å². The maximum absolute atomic E-state index is 12.0. The summed E-state index contributed by atoms with van der Waals surface area (Å²) >= 11 is -0.320. The van der Waals surface area contributed by atoms with E-state index in [1.165, 1.54) is 0 Å². The summed E-state index contributed by atoms with van der Waals surface area (Å²) in [6, 6.07) is 0. The summed E-state index contributed by atoms with van der Waals surface area (Å²) in [4.78, 5) is 24.0. The summed E-state index contributed by atoms with van der Waals surface area (Å²) in [6.07, 6.45) is 5.29. The molecule has 0 aromatic rings. The average Bonchev–Trinajstić information content (AvgIpc) is 2.47. The SMILES string of the molecule is CCCCOC(=O)C1=C(C(=O)OCCCC)C=IC=C1. The molecule has 1 aliphatic rings. The Balaban J connectivity index is 2.71. The fraction of sp³-hybridized carbons (Fsp3) is 0.533. The summed E-state index contributed by atoms with van der Waals surface area (Å²) in [5, 5.41) is 0. The van der Waals surface area contributed by atoms with Gasteiger partial charge in [0.2, 0.25) is 0 Å². The molecular formula is C15H21IO4. The van der Waals surface area contributed by atoms with Crippen LogP contribution < -0.4 is 0 Å². The number of esters is 2. The normalized spacial score (nSPS) is 13.9. The smallest absolute Gasteiger partial charge is 0.339 e. The molecule has 1 rings (SSSR count). The first-order valence-corrected chi connectivity index (χ1v) is 9.40. The zero-order valence-corrected chi connectivity index (χ0v) is 14.1. The molecule has 0 radical (unpaired) electrons. The van der Waals surface area contributed by atoms with Gasteiger partial charge in [0.15, 0.2) is 0 Å². The first kappa shape index (κ1) is 17.1. The van der Waals surface area contributed by atoms with Crippen LogP contribution in [-0.4, -0.2) is 29.2 Å². The molecule has 5 heteroatoms. The van der Waals surface area contributed by atoms with Gasteiger partial charge in [0.05, 0.1) is 24.4 Å². The molecule has 1 aliphatic heterocycles. The van der Waals surface area contributed by atoms with E-state index in [4.69, 9.17) is 9.47 Å². The van der Waals surface area contributed by atoms with Crippen LogP contribution in [0.15, 0.2) is 21.3 Å². The molecule has 0 bridgehead atoms. The number of carbonyl (C=O) groups is 2. The van der Waals surface area contributed by atoms with E-state index in [0.29, 0.717) is 24.4 Å². The monoisotopic (exact) mass is 392 g/mol. The van der Waals surface area contributed by atoms with Crippen molar-refractivity contribution in [3.63, 3.8) is 0 Å². The quantitative estimate of drug-likeness (QED) is 0.362. The van der Waals surface area contributed by atoms with E-state index in [9.17, 15) is 9.59 Å². The van der Waals surface area contributed by atoms with E-state index >= 15 is 0 Å². The fourth-order valence-electron chi connectivity index (χ4n) is 1.45. The lowest BCUT2D eigenvalue weighted by Gasteiger charge is -2.11. The lowest BCUT2D eigenvalue weighted by Crippen LogP contribution is -2.18. The van der Waals surface area contributed by atoms with Gasteiger partial charge in [-0.05, 0) is 27.0 Å². The van der Waals surface area contributed by atoms with E-state index in [0.717, 1.165) is 25.7 Å². The van der Waals surface area contributed by atoms with E-state index in [-0.39, 0.29) is 20.7 Å². The van der Waals surface area contributed by atoms with Crippen molar-refractivity contribution in [2.45, 2.75) is 39.5 Å². The standard InChI is InChI=1S/C15H21IO4/c1-3-5-9-19-14(17)12-7-8-16-11-13(12)15(18)20-10-6-4-2/h7-8,11H,3-6,9-10H2,1-2H3. The summed E-state index contributed by atoms with van der Waals surface area (Å²) in [7, 11) is 0. The summed E-state index contributed by atoms with van der Waals surface area (Å²) in [6.45, 7) is 4.85. The van der Waals surface area contributed by atoms with Gasteiger partial charge in [0.1, 0.15) is 0 Å². The van der Waals surface area contributed by atoms with Crippen LogP contribution in [0.3, 0.4) is 0 Å². The number of halogens is 1. The van der Waals surface area contributed by atoms with E-state index < -0.39 is 11.9 Å². The molecule has 0 atom stereocenters. The Morgan fingerprint density at radius 2 is 1.55 bits per heavy atom. The number of rotatable bonds is 8. The second-order valence-electron chi connectivity index (χ2n) is 4.33. The third kappa shape index (κ3) is 5.56. The van der Waals surface area contributed by atoms with Gasteiger partial charge in [-0.3, -0.25) is 0 Å². The third-order valence-corrected chi connectivity index (χ3v) is 4.42. The van der Waals surface area contributed by atoms with Crippen LogP contribution in [0.2, 0.25) is 0 Å².